The van der Waals surface area contributed by atoms with Gasteiger partial charge in [0.25, 0.3) is 0 Å². The summed E-state index contributed by atoms with van der Waals surface area (Å²) in [4.78, 5) is 7.19. The molecule has 0 aromatic rings. The van der Waals surface area contributed by atoms with Crippen molar-refractivity contribution in [1.82, 2.24) is 15.5 Å². The molecule has 3 aliphatic rings. The Morgan fingerprint density at radius 3 is 2.17 bits per heavy atom. The molecular formula is C24H47IN4O. The van der Waals surface area contributed by atoms with Crippen molar-refractivity contribution in [3.8, 4) is 0 Å². The standard InChI is InChI=1S/C24H46N4O.HI/c1-25-24(26-17-9-10-20-29-23-13-7-2-3-8-14-23)27-21-15-18-28(19-16-21)22-11-5-4-6-12-22;/h21-23H,2-20H2,1H3,(H2,25,26,27);1H. The fourth-order valence-electron chi connectivity index (χ4n) is 5.34. The van der Waals surface area contributed by atoms with Crippen molar-refractivity contribution in [2.24, 2.45) is 4.99 Å². The number of ether oxygens (including phenoxy) is 1. The summed E-state index contributed by atoms with van der Waals surface area (Å²) in [6, 6.07) is 1.43. The van der Waals surface area contributed by atoms with Gasteiger partial charge in [0.15, 0.2) is 5.96 Å². The summed E-state index contributed by atoms with van der Waals surface area (Å²) in [5.74, 6) is 0.978. The van der Waals surface area contributed by atoms with Crippen LogP contribution in [0.4, 0.5) is 0 Å². The molecule has 0 spiro atoms. The van der Waals surface area contributed by atoms with Crippen LogP contribution in [0.25, 0.3) is 0 Å². The summed E-state index contributed by atoms with van der Waals surface area (Å²) in [5.41, 5.74) is 0. The first-order valence-corrected chi connectivity index (χ1v) is 12.7. The Balaban J connectivity index is 0.00000320. The van der Waals surface area contributed by atoms with Gasteiger partial charge in [-0.3, -0.25) is 4.99 Å². The van der Waals surface area contributed by atoms with E-state index >= 15 is 0 Å². The molecule has 5 nitrogen and oxygen atoms in total. The number of unbranched alkanes of at least 4 members (excludes halogenated alkanes) is 1. The molecule has 0 unspecified atom stereocenters. The van der Waals surface area contributed by atoms with Gasteiger partial charge in [-0.2, -0.15) is 0 Å². The number of rotatable bonds is 8. The fraction of sp³-hybridized carbons (Fsp3) is 0.958. The minimum absolute atomic E-state index is 0. The molecule has 0 aromatic heterocycles. The first-order valence-electron chi connectivity index (χ1n) is 12.7. The molecule has 6 heteroatoms. The highest BCUT2D eigenvalue weighted by atomic mass is 127. The Hall–Kier alpha value is -0.0800. The van der Waals surface area contributed by atoms with Gasteiger partial charge in [0.1, 0.15) is 0 Å². The lowest BCUT2D eigenvalue weighted by Crippen LogP contribution is -2.51. The van der Waals surface area contributed by atoms with E-state index in [0.717, 1.165) is 38.0 Å². The summed E-state index contributed by atoms with van der Waals surface area (Å²) in [7, 11) is 1.89. The van der Waals surface area contributed by atoms with Crippen LogP contribution < -0.4 is 10.6 Å². The molecule has 1 saturated heterocycles. The third kappa shape index (κ3) is 9.60. The van der Waals surface area contributed by atoms with Gasteiger partial charge in [0.2, 0.25) is 0 Å². The summed E-state index contributed by atoms with van der Waals surface area (Å²) in [6.07, 6.45) is 20.5. The summed E-state index contributed by atoms with van der Waals surface area (Å²) < 4.78 is 6.10. The molecule has 3 rings (SSSR count). The summed E-state index contributed by atoms with van der Waals surface area (Å²) >= 11 is 0. The van der Waals surface area contributed by atoms with Crippen molar-refractivity contribution in [2.45, 2.75) is 114 Å². The zero-order chi connectivity index (χ0) is 20.2. The Morgan fingerprint density at radius 2 is 1.50 bits per heavy atom. The van der Waals surface area contributed by atoms with Crippen LogP contribution in [-0.2, 0) is 4.74 Å². The molecule has 176 valence electrons. The molecule has 0 amide bonds. The van der Waals surface area contributed by atoms with Crippen LogP contribution in [0.2, 0.25) is 0 Å². The Kier molecular flexibility index (Phi) is 13.7. The van der Waals surface area contributed by atoms with Gasteiger partial charge in [-0.1, -0.05) is 44.9 Å². The van der Waals surface area contributed by atoms with Crippen molar-refractivity contribution in [1.29, 1.82) is 0 Å². The van der Waals surface area contributed by atoms with Crippen molar-refractivity contribution in [3.63, 3.8) is 0 Å². The van der Waals surface area contributed by atoms with Gasteiger partial charge in [-0.15, -0.1) is 24.0 Å². The predicted molar refractivity (Wildman–Crippen MR) is 138 cm³/mol. The van der Waals surface area contributed by atoms with Crippen LogP contribution in [0.15, 0.2) is 4.99 Å². The highest BCUT2D eigenvalue weighted by Crippen LogP contribution is 2.25. The van der Waals surface area contributed by atoms with Crippen LogP contribution >= 0.6 is 24.0 Å². The predicted octanol–water partition coefficient (Wildman–Crippen LogP) is 5.09. The number of nitrogens with zero attached hydrogens (tertiary/aromatic N) is 2. The zero-order valence-electron chi connectivity index (χ0n) is 19.4. The van der Waals surface area contributed by atoms with E-state index in [1.54, 1.807) is 0 Å². The molecule has 3 fully saturated rings. The molecule has 30 heavy (non-hydrogen) atoms. The second-order valence-corrected chi connectivity index (χ2v) is 9.44. The Labute approximate surface area is 202 Å². The van der Waals surface area contributed by atoms with Crippen LogP contribution in [-0.4, -0.2) is 62.3 Å². The zero-order valence-corrected chi connectivity index (χ0v) is 21.7. The molecule has 2 aliphatic carbocycles. The van der Waals surface area contributed by atoms with E-state index in [0.29, 0.717) is 12.1 Å². The molecule has 0 aromatic carbocycles. The normalized spacial score (nSPS) is 23.6. The van der Waals surface area contributed by atoms with Crippen molar-refractivity contribution < 1.29 is 4.74 Å². The number of likely N-dealkylation sites (tertiary alicyclic amines) is 1. The SMILES string of the molecule is CN=C(NCCCCOC1CCCCCC1)NC1CCN(C2CCCCC2)CC1.I. The maximum Gasteiger partial charge on any atom is 0.191 e. The van der Waals surface area contributed by atoms with E-state index in [2.05, 4.69) is 20.5 Å². The van der Waals surface area contributed by atoms with E-state index in [1.807, 2.05) is 7.05 Å². The number of hydrogen-bond acceptors (Lipinski definition) is 3. The Bertz CT molecular complexity index is 454. The second kappa shape index (κ2) is 15.7. The van der Waals surface area contributed by atoms with Crippen molar-refractivity contribution >= 4 is 29.9 Å². The average molecular weight is 535 g/mol. The lowest BCUT2D eigenvalue weighted by Gasteiger charge is -2.39. The molecular weight excluding hydrogens is 487 g/mol. The molecule has 1 heterocycles. The fourth-order valence-corrected chi connectivity index (χ4v) is 5.34. The average Bonchev–Trinajstić information content (AvgIpc) is 3.05. The number of guanidine groups is 1. The number of nitrogens with one attached hydrogen (secondary N) is 2. The largest absolute Gasteiger partial charge is 0.378 e. The van der Waals surface area contributed by atoms with E-state index in [4.69, 9.17) is 4.74 Å². The van der Waals surface area contributed by atoms with E-state index in [9.17, 15) is 0 Å². The van der Waals surface area contributed by atoms with E-state index in [-0.39, 0.29) is 24.0 Å². The van der Waals surface area contributed by atoms with Crippen LogP contribution in [0.3, 0.4) is 0 Å². The van der Waals surface area contributed by atoms with Crippen LogP contribution in [0, 0.1) is 0 Å². The van der Waals surface area contributed by atoms with Gasteiger partial charge in [0, 0.05) is 45.4 Å². The number of halogens is 1. The van der Waals surface area contributed by atoms with Crippen molar-refractivity contribution in [3.05, 3.63) is 0 Å². The number of aliphatic imine (C=N–C) groups is 1. The highest BCUT2D eigenvalue weighted by Gasteiger charge is 2.26. The first kappa shape index (κ1) is 26.2. The second-order valence-electron chi connectivity index (χ2n) is 9.44. The van der Waals surface area contributed by atoms with Gasteiger partial charge in [-0.05, 0) is 51.4 Å². The lowest BCUT2D eigenvalue weighted by molar-refractivity contribution is 0.0411. The quantitative estimate of drug-likeness (QED) is 0.150. The molecule has 0 bridgehead atoms. The maximum atomic E-state index is 6.10. The van der Waals surface area contributed by atoms with Crippen molar-refractivity contribution in [2.75, 3.05) is 33.3 Å². The first-order chi connectivity index (χ1) is 14.3. The van der Waals surface area contributed by atoms with Gasteiger partial charge < -0.3 is 20.3 Å². The summed E-state index contributed by atoms with van der Waals surface area (Å²) in [5, 5.41) is 7.17. The minimum Gasteiger partial charge on any atom is -0.378 e. The molecule has 0 atom stereocenters. The third-order valence-corrected chi connectivity index (χ3v) is 7.20. The van der Waals surface area contributed by atoms with Gasteiger partial charge >= 0.3 is 0 Å². The molecule has 0 radical (unpaired) electrons. The number of hydrogen-bond donors (Lipinski definition) is 2. The third-order valence-electron chi connectivity index (χ3n) is 7.20. The van der Waals surface area contributed by atoms with Gasteiger partial charge in [-0.25, -0.2) is 0 Å². The van der Waals surface area contributed by atoms with Gasteiger partial charge in [0.05, 0.1) is 6.10 Å². The highest BCUT2D eigenvalue weighted by molar-refractivity contribution is 14.0. The maximum absolute atomic E-state index is 6.10. The van der Waals surface area contributed by atoms with E-state index < -0.39 is 0 Å². The molecule has 1 aliphatic heterocycles. The van der Waals surface area contributed by atoms with Crippen LogP contribution in [0.1, 0.15) is 96.3 Å². The topological polar surface area (TPSA) is 48.9 Å². The van der Waals surface area contributed by atoms with Crippen LogP contribution in [0.5, 0.6) is 0 Å². The number of piperidine rings is 1. The monoisotopic (exact) mass is 534 g/mol. The smallest absolute Gasteiger partial charge is 0.191 e. The summed E-state index contributed by atoms with van der Waals surface area (Å²) in [6.45, 7) is 4.39. The lowest BCUT2D eigenvalue weighted by atomic mass is 9.92. The molecule has 2 saturated carbocycles. The molecule has 2 N–H and O–H groups in total. The Morgan fingerprint density at radius 1 is 0.867 bits per heavy atom. The minimum atomic E-state index is 0. The van der Waals surface area contributed by atoms with E-state index in [1.165, 1.54) is 96.6 Å².